The summed E-state index contributed by atoms with van der Waals surface area (Å²) in [5.74, 6) is 0. The third-order valence-corrected chi connectivity index (χ3v) is 7.08. The highest BCUT2D eigenvalue weighted by atomic mass is 14.9. The van der Waals surface area contributed by atoms with Crippen molar-refractivity contribution in [1.29, 1.82) is 0 Å². The van der Waals surface area contributed by atoms with Crippen LogP contribution in [0, 0.1) is 13.8 Å². The SMILES string of the molecule is C=C(C)CC(Nc1ccccc1C)c1ccc(C)c(/N=C(\C)c2c3ccccc3cc3ccccc23)c1. The van der Waals surface area contributed by atoms with Gasteiger partial charge in [-0.25, -0.2) is 0 Å². The van der Waals surface area contributed by atoms with Crippen molar-refractivity contribution in [1.82, 2.24) is 0 Å². The molecule has 0 fully saturated rings. The predicted octanol–water partition coefficient (Wildman–Crippen LogP) is 9.87. The lowest BCUT2D eigenvalue weighted by Crippen LogP contribution is -2.12. The number of aryl methyl sites for hydroxylation is 2. The number of para-hydroxylation sites is 1. The maximum absolute atomic E-state index is 5.24. The van der Waals surface area contributed by atoms with E-state index in [1.807, 2.05) is 0 Å². The largest absolute Gasteiger partial charge is 0.378 e. The smallest absolute Gasteiger partial charge is 0.0665 e. The topological polar surface area (TPSA) is 24.4 Å². The average molecular weight is 483 g/mol. The molecule has 0 aliphatic heterocycles. The first-order valence-electron chi connectivity index (χ1n) is 12.9. The molecule has 0 heterocycles. The monoisotopic (exact) mass is 482 g/mol. The molecule has 1 unspecified atom stereocenters. The van der Waals surface area contributed by atoms with Crippen LogP contribution in [-0.4, -0.2) is 5.71 Å². The van der Waals surface area contributed by atoms with Crippen LogP contribution in [0.2, 0.25) is 0 Å². The summed E-state index contributed by atoms with van der Waals surface area (Å²) in [5, 5.41) is 8.71. The number of anilines is 1. The van der Waals surface area contributed by atoms with E-state index >= 15 is 0 Å². The Kier molecular flexibility index (Phi) is 6.92. The van der Waals surface area contributed by atoms with Crippen molar-refractivity contribution in [2.24, 2.45) is 4.99 Å². The van der Waals surface area contributed by atoms with E-state index in [0.717, 1.165) is 34.6 Å². The lowest BCUT2D eigenvalue weighted by atomic mass is 9.94. The Morgan fingerprint density at radius 2 is 1.38 bits per heavy atom. The Morgan fingerprint density at radius 3 is 2.03 bits per heavy atom. The second-order valence-corrected chi connectivity index (χ2v) is 10.1. The number of aliphatic imine (C=N–C) groups is 1. The Labute approximate surface area is 220 Å². The highest BCUT2D eigenvalue weighted by Crippen LogP contribution is 2.33. The van der Waals surface area contributed by atoms with Crippen molar-refractivity contribution in [3.05, 3.63) is 131 Å². The van der Waals surface area contributed by atoms with Crippen molar-refractivity contribution in [3.8, 4) is 0 Å². The molecule has 0 spiro atoms. The van der Waals surface area contributed by atoms with Crippen molar-refractivity contribution in [3.63, 3.8) is 0 Å². The normalized spacial score (nSPS) is 12.6. The summed E-state index contributed by atoms with van der Waals surface area (Å²) in [4.78, 5) is 5.24. The molecule has 184 valence electrons. The minimum absolute atomic E-state index is 0.117. The summed E-state index contributed by atoms with van der Waals surface area (Å²) in [6.07, 6.45) is 0.855. The number of nitrogens with zero attached hydrogens (tertiary/aromatic N) is 1. The van der Waals surface area contributed by atoms with E-state index in [2.05, 4.69) is 137 Å². The van der Waals surface area contributed by atoms with Crippen LogP contribution in [-0.2, 0) is 0 Å². The summed E-state index contributed by atoms with van der Waals surface area (Å²) in [5.41, 5.74) is 9.15. The van der Waals surface area contributed by atoms with Gasteiger partial charge in [0.15, 0.2) is 0 Å². The van der Waals surface area contributed by atoms with Crippen LogP contribution in [0.15, 0.2) is 114 Å². The van der Waals surface area contributed by atoms with E-state index in [1.54, 1.807) is 0 Å². The fraction of sp³-hybridized carbons (Fsp3) is 0.171. The number of nitrogens with one attached hydrogen (secondary N) is 1. The van der Waals surface area contributed by atoms with E-state index in [0.29, 0.717) is 0 Å². The quantitative estimate of drug-likeness (QED) is 0.139. The fourth-order valence-electron chi connectivity index (χ4n) is 5.13. The Hall–Kier alpha value is -4.17. The number of fused-ring (bicyclic) bond motifs is 2. The molecule has 0 radical (unpaired) electrons. The van der Waals surface area contributed by atoms with Gasteiger partial charge in [0.2, 0.25) is 0 Å². The number of hydrogen-bond acceptors (Lipinski definition) is 2. The van der Waals surface area contributed by atoms with E-state index in [9.17, 15) is 0 Å². The molecular formula is C35H34N2. The molecule has 2 heteroatoms. The molecular weight excluding hydrogens is 448 g/mol. The van der Waals surface area contributed by atoms with Crippen LogP contribution in [0.4, 0.5) is 11.4 Å². The molecule has 5 aromatic carbocycles. The Morgan fingerprint density at radius 1 is 0.757 bits per heavy atom. The van der Waals surface area contributed by atoms with Crippen molar-refractivity contribution < 1.29 is 0 Å². The van der Waals surface area contributed by atoms with Crippen molar-refractivity contribution in [2.75, 3.05) is 5.32 Å². The maximum atomic E-state index is 5.24. The zero-order valence-electron chi connectivity index (χ0n) is 22.2. The summed E-state index contributed by atoms with van der Waals surface area (Å²) in [6, 6.07) is 34.7. The molecule has 0 aromatic heterocycles. The third kappa shape index (κ3) is 5.20. The Bertz CT molecular complexity index is 1590. The third-order valence-electron chi connectivity index (χ3n) is 7.08. The van der Waals surface area contributed by atoms with Gasteiger partial charge < -0.3 is 5.32 Å². The number of rotatable bonds is 7. The van der Waals surface area contributed by atoms with Gasteiger partial charge in [-0.15, -0.1) is 6.58 Å². The second kappa shape index (κ2) is 10.4. The van der Waals surface area contributed by atoms with Crippen molar-refractivity contribution in [2.45, 2.75) is 40.2 Å². The van der Waals surface area contributed by atoms with Gasteiger partial charge in [-0.3, -0.25) is 4.99 Å². The highest BCUT2D eigenvalue weighted by Gasteiger charge is 2.15. The summed E-state index contributed by atoms with van der Waals surface area (Å²) >= 11 is 0. The molecule has 0 saturated heterocycles. The molecule has 0 aliphatic rings. The molecule has 37 heavy (non-hydrogen) atoms. The van der Waals surface area contributed by atoms with E-state index in [4.69, 9.17) is 4.99 Å². The van der Waals surface area contributed by atoms with Crippen LogP contribution in [0.3, 0.4) is 0 Å². The molecule has 1 N–H and O–H groups in total. The van der Waals surface area contributed by atoms with Crippen LogP contribution in [0.5, 0.6) is 0 Å². The standard InChI is InChI=1S/C35H34N2/c1-23(2)20-34(37-32-17-11-6-12-24(32)3)29-19-18-25(4)33(22-29)36-26(5)35-30-15-9-7-13-27(30)21-28-14-8-10-16-31(28)35/h6-19,21-22,34,37H,1,20H2,2-5H3/b36-26+. The zero-order valence-corrected chi connectivity index (χ0v) is 22.2. The van der Waals surface area contributed by atoms with Gasteiger partial charge in [0.05, 0.1) is 11.7 Å². The number of hydrogen-bond donors (Lipinski definition) is 1. The van der Waals surface area contributed by atoms with E-state index in [1.165, 1.54) is 38.2 Å². The van der Waals surface area contributed by atoms with Crippen molar-refractivity contribution >= 4 is 38.6 Å². The molecule has 0 saturated carbocycles. The van der Waals surface area contributed by atoms with Gasteiger partial charge in [0.25, 0.3) is 0 Å². The highest BCUT2D eigenvalue weighted by molar-refractivity contribution is 6.20. The lowest BCUT2D eigenvalue weighted by molar-refractivity contribution is 0.768. The van der Waals surface area contributed by atoms with Gasteiger partial charge in [0, 0.05) is 17.0 Å². The van der Waals surface area contributed by atoms with E-state index in [-0.39, 0.29) is 6.04 Å². The average Bonchev–Trinajstić information content (AvgIpc) is 2.89. The molecule has 0 aliphatic carbocycles. The second-order valence-electron chi connectivity index (χ2n) is 10.1. The minimum Gasteiger partial charge on any atom is -0.378 e. The van der Waals surface area contributed by atoms with Gasteiger partial charge in [-0.05, 0) is 90.6 Å². The van der Waals surface area contributed by atoms with Crippen LogP contribution in [0.1, 0.15) is 48.6 Å². The molecule has 2 nitrogen and oxygen atoms in total. The Balaban J connectivity index is 1.60. The first kappa shape index (κ1) is 24.5. The minimum atomic E-state index is 0.117. The zero-order chi connectivity index (χ0) is 25.9. The first-order valence-corrected chi connectivity index (χ1v) is 12.9. The fourth-order valence-corrected chi connectivity index (χ4v) is 5.13. The van der Waals surface area contributed by atoms with Gasteiger partial charge in [-0.2, -0.15) is 0 Å². The van der Waals surface area contributed by atoms with Crippen LogP contribution < -0.4 is 5.32 Å². The number of benzene rings is 5. The predicted molar refractivity (Wildman–Crippen MR) is 161 cm³/mol. The van der Waals surface area contributed by atoms with Gasteiger partial charge in [-0.1, -0.05) is 84.4 Å². The maximum Gasteiger partial charge on any atom is 0.0665 e. The molecule has 0 amide bonds. The van der Waals surface area contributed by atoms with E-state index < -0.39 is 0 Å². The first-order chi connectivity index (χ1) is 17.9. The van der Waals surface area contributed by atoms with Crippen LogP contribution >= 0.6 is 0 Å². The lowest BCUT2D eigenvalue weighted by Gasteiger charge is -2.23. The molecule has 5 rings (SSSR count). The summed E-state index contributed by atoms with van der Waals surface area (Å²) < 4.78 is 0. The van der Waals surface area contributed by atoms with Crippen LogP contribution in [0.25, 0.3) is 21.5 Å². The molecule has 5 aromatic rings. The van der Waals surface area contributed by atoms with Gasteiger partial charge in [0.1, 0.15) is 0 Å². The molecule has 1 atom stereocenters. The summed E-state index contributed by atoms with van der Waals surface area (Å²) in [7, 11) is 0. The van der Waals surface area contributed by atoms with Gasteiger partial charge >= 0.3 is 0 Å². The molecule has 0 bridgehead atoms. The summed E-state index contributed by atoms with van der Waals surface area (Å²) in [6.45, 7) is 12.7.